The van der Waals surface area contributed by atoms with Crippen molar-refractivity contribution in [1.82, 2.24) is 9.88 Å². The molecule has 0 saturated carbocycles. The molecular formula is C19H25N3O3. The molecule has 0 spiro atoms. The summed E-state index contributed by atoms with van der Waals surface area (Å²) >= 11 is 0. The van der Waals surface area contributed by atoms with E-state index in [1.54, 1.807) is 18.7 Å². The van der Waals surface area contributed by atoms with Gasteiger partial charge < -0.3 is 19.7 Å². The fourth-order valence-corrected chi connectivity index (χ4v) is 3.27. The van der Waals surface area contributed by atoms with Gasteiger partial charge in [-0.25, -0.2) is 9.78 Å². The Hall–Kier alpha value is -2.34. The van der Waals surface area contributed by atoms with Crippen LogP contribution >= 0.6 is 0 Å². The lowest BCUT2D eigenvalue weighted by atomic mass is 9.97. The molecule has 1 unspecified atom stereocenters. The number of nitrogens with one attached hydrogen (secondary N) is 1. The van der Waals surface area contributed by atoms with Crippen LogP contribution in [0.2, 0.25) is 0 Å². The molecule has 1 aromatic carbocycles. The van der Waals surface area contributed by atoms with E-state index in [-0.39, 0.29) is 12.1 Å². The molecule has 25 heavy (non-hydrogen) atoms. The number of aliphatic hydroxyl groups is 1. The number of urea groups is 1. The lowest BCUT2D eigenvalue weighted by Gasteiger charge is -2.33. The van der Waals surface area contributed by atoms with Gasteiger partial charge in [-0.3, -0.25) is 0 Å². The number of hydrogen-bond acceptors (Lipinski definition) is 4. The number of carbonyl (C=O) groups is 1. The first kappa shape index (κ1) is 17.5. The first-order chi connectivity index (χ1) is 11.8. The van der Waals surface area contributed by atoms with Crippen molar-refractivity contribution in [2.24, 2.45) is 0 Å². The van der Waals surface area contributed by atoms with E-state index >= 15 is 0 Å². The molecule has 0 radical (unpaired) electrons. The van der Waals surface area contributed by atoms with Crippen molar-refractivity contribution in [2.45, 2.75) is 52.2 Å². The molecule has 134 valence electrons. The van der Waals surface area contributed by atoms with Crippen molar-refractivity contribution >= 4 is 11.7 Å². The zero-order valence-corrected chi connectivity index (χ0v) is 15.2. The fourth-order valence-electron chi connectivity index (χ4n) is 3.27. The second-order valence-corrected chi connectivity index (χ2v) is 7.18. The number of likely N-dealkylation sites (tertiary alicyclic amines) is 1. The smallest absolute Gasteiger partial charge is 0.322 e. The highest BCUT2D eigenvalue weighted by Crippen LogP contribution is 2.28. The van der Waals surface area contributed by atoms with E-state index in [9.17, 15) is 9.90 Å². The van der Waals surface area contributed by atoms with E-state index in [0.29, 0.717) is 18.1 Å². The first-order valence-corrected chi connectivity index (χ1v) is 8.60. The Balaban J connectivity index is 1.77. The van der Waals surface area contributed by atoms with Crippen molar-refractivity contribution in [2.75, 3.05) is 11.9 Å². The maximum atomic E-state index is 12.6. The summed E-state index contributed by atoms with van der Waals surface area (Å²) in [6, 6.07) is 7.07. The van der Waals surface area contributed by atoms with Gasteiger partial charge >= 0.3 is 6.03 Å². The molecule has 1 aromatic heterocycles. The minimum absolute atomic E-state index is 0.173. The van der Waals surface area contributed by atoms with Gasteiger partial charge in [0.2, 0.25) is 5.89 Å². The van der Waals surface area contributed by atoms with Gasteiger partial charge in [0.15, 0.2) is 0 Å². The average molecular weight is 343 g/mol. The molecule has 6 nitrogen and oxygen atoms in total. The third-order valence-electron chi connectivity index (χ3n) is 4.72. The molecule has 6 heteroatoms. The van der Waals surface area contributed by atoms with Crippen LogP contribution < -0.4 is 5.32 Å². The van der Waals surface area contributed by atoms with Gasteiger partial charge in [-0.15, -0.1) is 0 Å². The summed E-state index contributed by atoms with van der Waals surface area (Å²) in [5.41, 5.74) is 1.43. The molecule has 1 fully saturated rings. The molecule has 2 aromatic rings. The van der Waals surface area contributed by atoms with E-state index in [1.807, 2.05) is 38.1 Å². The average Bonchev–Trinajstić information content (AvgIpc) is 3.15. The standard InChI is InChI=1S/C19H25N3O3/c1-12-13(2)25-17(20-12)14-7-5-8-15(11-14)21-18(23)22-10-6-9-16(22)19(3,4)24/h5,7-8,11,16,24H,6,9-10H2,1-4H3,(H,21,23). The van der Waals surface area contributed by atoms with Gasteiger partial charge in [-0.2, -0.15) is 0 Å². The quantitative estimate of drug-likeness (QED) is 0.890. The summed E-state index contributed by atoms with van der Waals surface area (Å²) in [5.74, 6) is 1.33. The predicted molar refractivity (Wildman–Crippen MR) is 96.5 cm³/mol. The summed E-state index contributed by atoms with van der Waals surface area (Å²) in [5, 5.41) is 13.2. The van der Waals surface area contributed by atoms with Crippen LogP contribution in [0.3, 0.4) is 0 Å². The molecule has 0 aliphatic carbocycles. The van der Waals surface area contributed by atoms with Crippen molar-refractivity contribution < 1.29 is 14.3 Å². The summed E-state index contributed by atoms with van der Waals surface area (Å²) in [6.07, 6.45) is 1.71. The molecule has 3 rings (SSSR count). The van der Waals surface area contributed by atoms with E-state index in [1.165, 1.54) is 0 Å². The van der Waals surface area contributed by atoms with Crippen LogP contribution in [-0.4, -0.2) is 39.2 Å². The monoisotopic (exact) mass is 343 g/mol. The number of carbonyl (C=O) groups excluding carboxylic acids is 1. The van der Waals surface area contributed by atoms with Gasteiger partial charge in [-0.1, -0.05) is 6.07 Å². The largest absolute Gasteiger partial charge is 0.441 e. The van der Waals surface area contributed by atoms with Gasteiger partial charge in [-0.05, 0) is 58.7 Å². The molecule has 2 N–H and O–H groups in total. The molecule has 0 bridgehead atoms. The number of benzene rings is 1. The first-order valence-electron chi connectivity index (χ1n) is 8.60. The molecule has 2 amide bonds. The van der Waals surface area contributed by atoms with Crippen LogP contribution in [-0.2, 0) is 0 Å². The Morgan fingerprint density at radius 2 is 2.16 bits per heavy atom. The lowest BCUT2D eigenvalue weighted by molar-refractivity contribution is 0.0117. The zero-order chi connectivity index (χ0) is 18.2. The molecule has 2 heterocycles. The molecule has 1 aliphatic rings. The van der Waals surface area contributed by atoms with Crippen LogP contribution in [0.4, 0.5) is 10.5 Å². The predicted octanol–water partition coefficient (Wildman–Crippen LogP) is 3.73. The molecule has 1 saturated heterocycles. The zero-order valence-electron chi connectivity index (χ0n) is 15.2. The number of hydrogen-bond donors (Lipinski definition) is 2. The number of aromatic nitrogens is 1. The minimum atomic E-state index is -0.914. The van der Waals surface area contributed by atoms with Crippen molar-refractivity contribution in [1.29, 1.82) is 0 Å². The number of oxazole rings is 1. The van der Waals surface area contributed by atoms with Gasteiger partial charge in [0.25, 0.3) is 0 Å². The Labute approximate surface area is 147 Å². The number of nitrogens with zero attached hydrogens (tertiary/aromatic N) is 2. The van der Waals surface area contributed by atoms with E-state index < -0.39 is 5.60 Å². The number of amides is 2. The molecular weight excluding hydrogens is 318 g/mol. The van der Waals surface area contributed by atoms with Crippen molar-refractivity contribution in [3.63, 3.8) is 0 Å². The third-order valence-corrected chi connectivity index (χ3v) is 4.72. The maximum Gasteiger partial charge on any atom is 0.322 e. The third kappa shape index (κ3) is 3.69. The number of rotatable bonds is 3. The number of aryl methyl sites for hydroxylation is 2. The highest BCUT2D eigenvalue weighted by Gasteiger charge is 2.38. The SMILES string of the molecule is Cc1nc(-c2cccc(NC(=O)N3CCCC3C(C)(C)O)c2)oc1C. The second kappa shape index (κ2) is 6.52. The van der Waals surface area contributed by atoms with E-state index in [0.717, 1.165) is 29.9 Å². The molecule has 1 aliphatic heterocycles. The van der Waals surface area contributed by atoms with Crippen LogP contribution in [0.15, 0.2) is 28.7 Å². The lowest BCUT2D eigenvalue weighted by Crippen LogP contribution is -2.49. The van der Waals surface area contributed by atoms with Gasteiger partial charge in [0.1, 0.15) is 5.76 Å². The van der Waals surface area contributed by atoms with E-state index in [2.05, 4.69) is 10.3 Å². The Morgan fingerprint density at radius 3 is 2.80 bits per heavy atom. The Morgan fingerprint density at radius 1 is 1.40 bits per heavy atom. The van der Waals surface area contributed by atoms with Crippen LogP contribution in [0.5, 0.6) is 0 Å². The Bertz CT molecular complexity index is 757. The maximum absolute atomic E-state index is 12.6. The summed E-state index contributed by atoms with van der Waals surface area (Å²) in [6.45, 7) is 7.92. The normalized spacial score (nSPS) is 17.8. The fraction of sp³-hybridized carbons (Fsp3) is 0.474. The van der Waals surface area contributed by atoms with E-state index in [4.69, 9.17) is 4.42 Å². The van der Waals surface area contributed by atoms with Crippen LogP contribution in [0.1, 0.15) is 38.1 Å². The van der Waals surface area contributed by atoms with Crippen molar-refractivity contribution in [3.05, 3.63) is 35.7 Å². The summed E-state index contributed by atoms with van der Waals surface area (Å²) < 4.78 is 5.65. The summed E-state index contributed by atoms with van der Waals surface area (Å²) in [4.78, 5) is 18.8. The van der Waals surface area contributed by atoms with Gasteiger partial charge in [0, 0.05) is 17.8 Å². The minimum Gasteiger partial charge on any atom is -0.441 e. The highest BCUT2D eigenvalue weighted by molar-refractivity contribution is 5.90. The van der Waals surface area contributed by atoms with Crippen LogP contribution in [0.25, 0.3) is 11.5 Å². The second-order valence-electron chi connectivity index (χ2n) is 7.18. The number of anilines is 1. The highest BCUT2D eigenvalue weighted by atomic mass is 16.4. The van der Waals surface area contributed by atoms with Crippen molar-refractivity contribution in [3.8, 4) is 11.5 Å². The summed E-state index contributed by atoms with van der Waals surface area (Å²) in [7, 11) is 0. The van der Waals surface area contributed by atoms with Gasteiger partial charge in [0.05, 0.1) is 17.3 Å². The van der Waals surface area contributed by atoms with Crippen LogP contribution in [0, 0.1) is 13.8 Å². The Kier molecular flexibility index (Phi) is 4.56. The topological polar surface area (TPSA) is 78.6 Å². The molecule has 1 atom stereocenters.